The van der Waals surface area contributed by atoms with Crippen molar-refractivity contribution in [3.8, 4) is 5.75 Å². The van der Waals surface area contributed by atoms with Gasteiger partial charge in [-0.2, -0.15) is 0 Å². The predicted molar refractivity (Wildman–Crippen MR) is 89.5 cm³/mol. The van der Waals surface area contributed by atoms with Crippen LogP contribution in [0.3, 0.4) is 0 Å². The van der Waals surface area contributed by atoms with Crippen LogP contribution in [0, 0.1) is 0 Å². The first kappa shape index (κ1) is 15.6. The summed E-state index contributed by atoms with van der Waals surface area (Å²) in [4.78, 5) is 12.2. The van der Waals surface area contributed by atoms with Gasteiger partial charge in [-0.3, -0.25) is 5.43 Å². The minimum absolute atomic E-state index is 0.0286. The Hall–Kier alpha value is -3.28. The second kappa shape index (κ2) is 6.87. The molecule has 24 heavy (non-hydrogen) atoms. The van der Waals surface area contributed by atoms with Crippen molar-refractivity contribution in [3.05, 3.63) is 65.7 Å². The molecule has 0 spiro atoms. The fourth-order valence-electron chi connectivity index (χ4n) is 2.20. The Morgan fingerprint density at radius 2 is 2.00 bits per heavy atom. The van der Waals surface area contributed by atoms with Gasteiger partial charge in [0.05, 0.1) is 12.3 Å². The number of hydrogen-bond acceptors (Lipinski definition) is 6. The largest absolute Gasteiger partial charge is 0.504 e. The van der Waals surface area contributed by atoms with Crippen molar-refractivity contribution in [1.29, 1.82) is 0 Å². The van der Waals surface area contributed by atoms with Crippen molar-refractivity contribution < 1.29 is 19.1 Å². The molecular weight excluding hydrogens is 308 g/mol. The first-order valence-corrected chi connectivity index (χ1v) is 7.47. The van der Waals surface area contributed by atoms with Crippen LogP contribution in [0.1, 0.15) is 17.3 Å². The Labute approximate surface area is 138 Å². The molecule has 0 amide bonds. The second-order valence-corrected chi connectivity index (χ2v) is 4.97. The third kappa shape index (κ3) is 3.22. The van der Waals surface area contributed by atoms with Gasteiger partial charge >= 0.3 is 5.97 Å². The van der Waals surface area contributed by atoms with E-state index in [1.54, 1.807) is 25.1 Å². The molecule has 0 aliphatic carbocycles. The van der Waals surface area contributed by atoms with Crippen molar-refractivity contribution in [2.45, 2.75) is 6.92 Å². The quantitative estimate of drug-likeness (QED) is 0.568. The summed E-state index contributed by atoms with van der Waals surface area (Å²) in [7, 11) is 0. The molecule has 0 atom stereocenters. The first-order chi connectivity index (χ1) is 11.7. The van der Waals surface area contributed by atoms with E-state index in [-0.39, 0.29) is 29.1 Å². The monoisotopic (exact) mass is 324 g/mol. The van der Waals surface area contributed by atoms with E-state index in [4.69, 9.17) is 9.15 Å². The summed E-state index contributed by atoms with van der Waals surface area (Å²) in [5, 5.41) is 14.7. The van der Waals surface area contributed by atoms with E-state index in [1.807, 2.05) is 30.3 Å². The highest BCUT2D eigenvalue weighted by atomic mass is 16.5. The maximum atomic E-state index is 12.2. The average Bonchev–Trinajstić information content (AvgIpc) is 2.61. The minimum atomic E-state index is -0.542. The Kier molecular flexibility index (Phi) is 4.47. The number of aromatic hydroxyl groups is 1. The molecule has 0 saturated carbocycles. The number of fused-ring (bicyclic) bond motifs is 1. The lowest BCUT2D eigenvalue weighted by molar-refractivity contribution is 0.0521. The number of carbonyl (C=O) groups excluding carboxylic acids is 1. The first-order valence-electron chi connectivity index (χ1n) is 7.47. The van der Waals surface area contributed by atoms with Crippen LogP contribution in [0.25, 0.3) is 11.0 Å². The number of esters is 1. The van der Waals surface area contributed by atoms with E-state index >= 15 is 0 Å². The highest BCUT2D eigenvalue weighted by Gasteiger charge is 2.15. The van der Waals surface area contributed by atoms with E-state index < -0.39 is 5.97 Å². The number of phenolic OH excluding ortho intramolecular Hbond substituents is 1. The summed E-state index contributed by atoms with van der Waals surface area (Å²) in [6, 6.07) is 15.7. The van der Waals surface area contributed by atoms with Crippen molar-refractivity contribution in [2.24, 2.45) is 5.10 Å². The molecule has 0 fully saturated rings. The smallest absolute Gasteiger partial charge is 0.343 e. The molecule has 0 aliphatic heterocycles. The molecule has 1 aromatic heterocycles. The van der Waals surface area contributed by atoms with Gasteiger partial charge in [0.1, 0.15) is 5.56 Å². The fourth-order valence-corrected chi connectivity index (χ4v) is 2.20. The third-order valence-corrected chi connectivity index (χ3v) is 3.31. The zero-order valence-electron chi connectivity index (χ0n) is 13.0. The number of anilines is 1. The Balaban J connectivity index is 2.13. The number of nitrogens with one attached hydrogen (secondary N) is 1. The number of phenols is 1. The van der Waals surface area contributed by atoms with Crippen molar-refractivity contribution in [3.63, 3.8) is 0 Å². The summed E-state index contributed by atoms with van der Waals surface area (Å²) in [6.07, 6.45) is 0. The van der Waals surface area contributed by atoms with Gasteiger partial charge < -0.3 is 14.3 Å². The van der Waals surface area contributed by atoms with Crippen LogP contribution >= 0.6 is 0 Å². The molecule has 6 nitrogen and oxygen atoms in total. The number of hydrogen-bond donors (Lipinski definition) is 2. The molecule has 1 heterocycles. The standard InChI is InChI=1S/C18H16N2O4/c1-2-23-18(22)14-11-12-7-6-10-15(21)16(12)24-17(14)20-19-13-8-4-3-5-9-13/h3-11,19,21H,2H2,1H3/b20-17+. The second-order valence-electron chi connectivity index (χ2n) is 4.97. The lowest BCUT2D eigenvalue weighted by Crippen LogP contribution is -2.19. The number of para-hydroxylation sites is 2. The molecule has 0 aliphatic rings. The van der Waals surface area contributed by atoms with E-state index in [1.165, 1.54) is 6.07 Å². The summed E-state index contributed by atoms with van der Waals surface area (Å²) in [5.74, 6) is -0.570. The van der Waals surface area contributed by atoms with E-state index in [9.17, 15) is 9.90 Å². The average molecular weight is 324 g/mol. The summed E-state index contributed by atoms with van der Waals surface area (Å²) in [5.41, 5.74) is 4.02. The molecule has 2 aromatic carbocycles. The van der Waals surface area contributed by atoms with Crippen LogP contribution in [-0.2, 0) is 4.74 Å². The maximum Gasteiger partial charge on any atom is 0.343 e. The lowest BCUT2D eigenvalue weighted by Gasteiger charge is -2.06. The number of carbonyl (C=O) groups is 1. The molecule has 3 aromatic rings. The highest BCUT2D eigenvalue weighted by Crippen LogP contribution is 2.23. The molecule has 0 bridgehead atoms. The van der Waals surface area contributed by atoms with Crippen LogP contribution in [0.15, 0.2) is 64.1 Å². The third-order valence-electron chi connectivity index (χ3n) is 3.31. The number of benzene rings is 2. The number of nitrogens with zero attached hydrogens (tertiary/aromatic N) is 1. The van der Waals surface area contributed by atoms with Gasteiger partial charge in [0.25, 0.3) is 5.55 Å². The molecule has 0 radical (unpaired) electrons. The highest BCUT2D eigenvalue weighted by molar-refractivity contribution is 5.93. The molecule has 0 saturated heterocycles. The normalized spacial score (nSPS) is 11.5. The van der Waals surface area contributed by atoms with Gasteiger partial charge in [-0.05, 0) is 31.2 Å². The van der Waals surface area contributed by atoms with Crippen LogP contribution in [0.5, 0.6) is 5.75 Å². The summed E-state index contributed by atoms with van der Waals surface area (Å²) < 4.78 is 10.7. The molecule has 0 unspecified atom stereocenters. The molecule has 122 valence electrons. The Bertz CT molecular complexity index is 933. The van der Waals surface area contributed by atoms with Gasteiger partial charge in [-0.25, -0.2) is 4.79 Å². The molecule has 6 heteroatoms. The van der Waals surface area contributed by atoms with E-state index in [0.29, 0.717) is 5.39 Å². The van der Waals surface area contributed by atoms with Crippen LogP contribution < -0.4 is 11.0 Å². The maximum absolute atomic E-state index is 12.2. The Morgan fingerprint density at radius 1 is 1.21 bits per heavy atom. The van der Waals surface area contributed by atoms with E-state index in [2.05, 4.69) is 10.5 Å². The number of rotatable bonds is 4. The van der Waals surface area contributed by atoms with Crippen molar-refractivity contribution in [2.75, 3.05) is 12.0 Å². The van der Waals surface area contributed by atoms with Gasteiger partial charge in [-0.15, -0.1) is 5.10 Å². The minimum Gasteiger partial charge on any atom is -0.504 e. The lowest BCUT2D eigenvalue weighted by atomic mass is 10.2. The van der Waals surface area contributed by atoms with Crippen molar-refractivity contribution in [1.82, 2.24) is 0 Å². The van der Waals surface area contributed by atoms with Gasteiger partial charge in [0.2, 0.25) is 0 Å². The molecule has 3 rings (SSSR count). The Morgan fingerprint density at radius 3 is 2.75 bits per heavy atom. The molecular formula is C18H16N2O4. The van der Waals surface area contributed by atoms with Gasteiger partial charge in [-0.1, -0.05) is 30.3 Å². The van der Waals surface area contributed by atoms with E-state index in [0.717, 1.165) is 5.69 Å². The summed E-state index contributed by atoms with van der Waals surface area (Å²) >= 11 is 0. The molecule has 2 N–H and O–H groups in total. The van der Waals surface area contributed by atoms with Gasteiger partial charge in [0, 0.05) is 5.39 Å². The van der Waals surface area contributed by atoms with Gasteiger partial charge in [0.15, 0.2) is 11.3 Å². The van der Waals surface area contributed by atoms with Crippen LogP contribution in [-0.4, -0.2) is 17.7 Å². The summed E-state index contributed by atoms with van der Waals surface area (Å²) in [6.45, 7) is 1.96. The van der Waals surface area contributed by atoms with Crippen molar-refractivity contribution >= 4 is 22.6 Å². The predicted octanol–water partition coefficient (Wildman–Crippen LogP) is 3.24. The SMILES string of the molecule is CCOC(=O)c1cc2cccc(O)c2o/c1=N/Nc1ccccc1. The zero-order valence-corrected chi connectivity index (χ0v) is 13.0. The number of ether oxygens (including phenoxy) is 1. The van der Waals surface area contributed by atoms with Crippen LogP contribution in [0.2, 0.25) is 0 Å². The van der Waals surface area contributed by atoms with Crippen LogP contribution in [0.4, 0.5) is 5.69 Å². The topological polar surface area (TPSA) is 84.1 Å². The fraction of sp³-hybridized carbons (Fsp3) is 0.111. The zero-order chi connectivity index (χ0) is 16.9.